The lowest BCUT2D eigenvalue weighted by Gasteiger charge is -2.09. The molecule has 0 bridgehead atoms. The number of pyridine rings is 1. The SMILES string of the molecule is CC(C(=O)O)c1ccc2nc3ccc(S(C)(=O)=O)cn3c(=O)c2c1. The van der Waals surface area contributed by atoms with E-state index >= 15 is 0 Å². The van der Waals surface area contributed by atoms with Crippen LogP contribution in [0.5, 0.6) is 0 Å². The maximum absolute atomic E-state index is 12.7. The highest BCUT2D eigenvalue weighted by atomic mass is 32.2. The Kier molecular flexibility index (Phi) is 3.64. The van der Waals surface area contributed by atoms with Crippen molar-refractivity contribution in [2.45, 2.75) is 17.7 Å². The van der Waals surface area contributed by atoms with Gasteiger partial charge in [-0.3, -0.25) is 14.0 Å². The first-order chi connectivity index (χ1) is 11.2. The molecule has 0 saturated heterocycles. The Bertz CT molecular complexity index is 1150. The van der Waals surface area contributed by atoms with E-state index in [9.17, 15) is 18.0 Å². The van der Waals surface area contributed by atoms with E-state index in [2.05, 4.69) is 4.98 Å². The van der Waals surface area contributed by atoms with E-state index in [4.69, 9.17) is 5.11 Å². The van der Waals surface area contributed by atoms with Crippen LogP contribution in [0.15, 0.2) is 46.2 Å². The van der Waals surface area contributed by atoms with E-state index in [0.29, 0.717) is 16.7 Å². The van der Waals surface area contributed by atoms with Crippen LogP contribution in [-0.4, -0.2) is 35.1 Å². The first kappa shape index (κ1) is 16.1. The van der Waals surface area contributed by atoms with Gasteiger partial charge in [0, 0.05) is 12.5 Å². The maximum atomic E-state index is 12.7. The Hall–Kier alpha value is -2.74. The van der Waals surface area contributed by atoms with Crippen molar-refractivity contribution >= 4 is 32.4 Å². The van der Waals surface area contributed by atoms with Crippen molar-refractivity contribution in [2.75, 3.05) is 6.26 Å². The highest BCUT2D eigenvalue weighted by molar-refractivity contribution is 7.90. The quantitative estimate of drug-likeness (QED) is 0.719. The highest BCUT2D eigenvalue weighted by Crippen LogP contribution is 2.20. The van der Waals surface area contributed by atoms with Gasteiger partial charge in [-0.15, -0.1) is 0 Å². The summed E-state index contributed by atoms with van der Waals surface area (Å²) in [5, 5.41) is 9.35. The Morgan fingerprint density at radius 2 is 1.96 bits per heavy atom. The normalized spacial score (nSPS) is 13.2. The molecule has 3 aromatic rings. The number of carboxylic acids is 1. The zero-order chi connectivity index (χ0) is 17.6. The molecule has 0 spiro atoms. The smallest absolute Gasteiger partial charge is 0.310 e. The summed E-state index contributed by atoms with van der Waals surface area (Å²) in [4.78, 5) is 28.2. The average Bonchev–Trinajstić information content (AvgIpc) is 2.53. The van der Waals surface area contributed by atoms with Gasteiger partial charge in [-0.25, -0.2) is 13.4 Å². The molecule has 8 heteroatoms. The van der Waals surface area contributed by atoms with Crippen LogP contribution in [0.2, 0.25) is 0 Å². The van der Waals surface area contributed by atoms with E-state index in [-0.39, 0.29) is 10.3 Å². The van der Waals surface area contributed by atoms with Gasteiger partial charge in [-0.2, -0.15) is 0 Å². The molecule has 1 atom stereocenters. The zero-order valence-corrected chi connectivity index (χ0v) is 13.7. The number of aromatic nitrogens is 2. The molecule has 0 aliphatic carbocycles. The van der Waals surface area contributed by atoms with Gasteiger partial charge >= 0.3 is 5.97 Å². The van der Waals surface area contributed by atoms with Gasteiger partial charge in [-0.1, -0.05) is 6.07 Å². The van der Waals surface area contributed by atoms with Crippen molar-refractivity contribution in [3.05, 3.63) is 52.4 Å². The number of aliphatic carboxylic acids is 1. The lowest BCUT2D eigenvalue weighted by Crippen LogP contribution is -2.17. The van der Waals surface area contributed by atoms with E-state index in [1.165, 1.54) is 31.3 Å². The summed E-state index contributed by atoms with van der Waals surface area (Å²) in [6.07, 6.45) is 2.28. The molecule has 24 heavy (non-hydrogen) atoms. The minimum Gasteiger partial charge on any atom is -0.481 e. The van der Waals surface area contributed by atoms with Crippen LogP contribution < -0.4 is 5.56 Å². The molecule has 0 aliphatic rings. The van der Waals surface area contributed by atoms with Crippen molar-refractivity contribution in [3.63, 3.8) is 0 Å². The van der Waals surface area contributed by atoms with Gasteiger partial charge in [0.15, 0.2) is 9.84 Å². The predicted molar refractivity (Wildman–Crippen MR) is 88.1 cm³/mol. The number of nitrogens with zero attached hydrogens (tertiary/aromatic N) is 2. The summed E-state index contributed by atoms with van der Waals surface area (Å²) in [5.41, 5.74) is 0.778. The van der Waals surface area contributed by atoms with Crippen LogP contribution in [0.3, 0.4) is 0 Å². The second-order valence-corrected chi connectivity index (χ2v) is 7.63. The van der Waals surface area contributed by atoms with E-state index < -0.39 is 27.3 Å². The van der Waals surface area contributed by atoms with Gasteiger partial charge in [0.05, 0.1) is 21.7 Å². The fraction of sp³-hybridized carbons (Fsp3) is 0.188. The number of hydrogen-bond donors (Lipinski definition) is 1. The van der Waals surface area contributed by atoms with Crippen LogP contribution >= 0.6 is 0 Å². The summed E-state index contributed by atoms with van der Waals surface area (Å²) in [7, 11) is -3.46. The number of carbonyl (C=O) groups is 1. The van der Waals surface area contributed by atoms with Gasteiger partial charge in [0.25, 0.3) is 5.56 Å². The minimum absolute atomic E-state index is 0.00769. The molecule has 1 unspecified atom stereocenters. The van der Waals surface area contributed by atoms with E-state index in [1.807, 2.05) is 0 Å². The van der Waals surface area contributed by atoms with Crippen molar-refractivity contribution in [2.24, 2.45) is 0 Å². The van der Waals surface area contributed by atoms with Crippen LogP contribution in [0, 0.1) is 0 Å². The molecule has 3 rings (SSSR count). The van der Waals surface area contributed by atoms with E-state index in [1.54, 1.807) is 12.1 Å². The second-order valence-electron chi connectivity index (χ2n) is 5.62. The third kappa shape index (κ3) is 2.65. The monoisotopic (exact) mass is 346 g/mol. The summed E-state index contributed by atoms with van der Waals surface area (Å²) in [6, 6.07) is 7.56. The Morgan fingerprint density at radius 3 is 2.58 bits per heavy atom. The first-order valence-corrected chi connectivity index (χ1v) is 8.96. The molecule has 0 saturated carbocycles. The standard InChI is InChI=1S/C16H14N2O5S/c1-9(16(20)21)10-3-5-13-12(7-10)15(19)18-8-11(24(2,22)23)4-6-14(18)17-13/h3-9H,1-2H3,(H,20,21). The fourth-order valence-corrected chi connectivity index (χ4v) is 3.05. The third-order valence-electron chi connectivity index (χ3n) is 3.90. The molecule has 1 aromatic carbocycles. The average molecular weight is 346 g/mol. The zero-order valence-electron chi connectivity index (χ0n) is 12.9. The second kappa shape index (κ2) is 5.41. The lowest BCUT2D eigenvalue weighted by atomic mass is 10.00. The molecule has 0 aliphatic heterocycles. The molecule has 2 aromatic heterocycles. The van der Waals surface area contributed by atoms with Crippen LogP contribution in [0.4, 0.5) is 0 Å². The van der Waals surface area contributed by atoms with Gasteiger partial charge in [0.1, 0.15) is 5.65 Å². The first-order valence-electron chi connectivity index (χ1n) is 7.07. The molecular formula is C16H14N2O5S. The van der Waals surface area contributed by atoms with E-state index in [0.717, 1.165) is 10.7 Å². The lowest BCUT2D eigenvalue weighted by molar-refractivity contribution is -0.138. The Balaban J connectivity index is 2.34. The Morgan fingerprint density at radius 1 is 1.25 bits per heavy atom. The molecule has 1 N–H and O–H groups in total. The number of fused-ring (bicyclic) bond motifs is 2. The predicted octanol–water partition coefficient (Wildman–Crippen LogP) is 1.44. The van der Waals surface area contributed by atoms with Crippen molar-refractivity contribution < 1.29 is 18.3 Å². The number of rotatable bonds is 3. The van der Waals surface area contributed by atoms with Crippen molar-refractivity contribution in [1.29, 1.82) is 0 Å². The highest BCUT2D eigenvalue weighted by Gasteiger charge is 2.16. The van der Waals surface area contributed by atoms with Gasteiger partial charge in [0.2, 0.25) is 0 Å². The number of hydrogen-bond acceptors (Lipinski definition) is 5. The van der Waals surface area contributed by atoms with Crippen LogP contribution in [0.25, 0.3) is 16.6 Å². The molecule has 0 fully saturated rings. The summed E-state index contributed by atoms with van der Waals surface area (Å²) in [6.45, 7) is 1.53. The minimum atomic E-state index is -3.46. The number of sulfone groups is 1. The molecule has 2 heterocycles. The summed E-state index contributed by atoms with van der Waals surface area (Å²) in [5.74, 6) is -1.76. The van der Waals surface area contributed by atoms with Crippen LogP contribution in [-0.2, 0) is 14.6 Å². The number of carboxylic acid groups (broad SMARTS) is 1. The molecule has 0 amide bonds. The third-order valence-corrected chi connectivity index (χ3v) is 5.00. The summed E-state index contributed by atoms with van der Waals surface area (Å²) >= 11 is 0. The largest absolute Gasteiger partial charge is 0.481 e. The molecule has 7 nitrogen and oxygen atoms in total. The van der Waals surface area contributed by atoms with Crippen molar-refractivity contribution in [3.8, 4) is 0 Å². The van der Waals surface area contributed by atoms with Crippen molar-refractivity contribution in [1.82, 2.24) is 9.38 Å². The van der Waals surface area contributed by atoms with Gasteiger partial charge in [-0.05, 0) is 36.8 Å². The summed E-state index contributed by atoms with van der Waals surface area (Å²) < 4.78 is 24.5. The molecule has 0 radical (unpaired) electrons. The Labute approximate surface area is 137 Å². The fourth-order valence-electron chi connectivity index (χ4n) is 2.43. The van der Waals surface area contributed by atoms with Gasteiger partial charge < -0.3 is 5.11 Å². The topological polar surface area (TPSA) is 106 Å². The molecule has 124 valence electrons. The number of benzene rings is 1. The van der Waals surface area contributed by atoms with Crippen LogP contribution in [0.1, 0.15) is 18.4 Å². The maximum Gasteiger partial charge on any atom is 0.310 e. The molecular weight excluding hydrogens is 332 g/mol.